The maximum atomic E-state index is 6.13. The molecule has 2 atom stereocenters. The monoisotopic (exact) mass is 286 g/mol. The Balaban J connectivity index is 1.63. The minimum Gasteiger partial charge on any atom is -0.335 e. The van der Waals surface area contributed by atoms with Crippen LogP contribution in [0.3, 0.4) is 0 Å². The molecule has 0 aromatic carbocycles. The summed E-state index contributed by atoms with van der Waals surface area (Å²) in [4.78, 5) is 10.9. The van der Waals surface area contributed by atoms with Gasteiger partial charge in [-0.25, -0.2) is 0 Å². The van der Waals surface area contributed by atoms with Gasteiger partial charge in [0.15, 0.2) is 0 Å². The van der Waals surface area contributed by atoms with E-state index in [2.05, 4.69) is 38.1 Å². The van der Waals surface area contributed by atoms with Crippen molar-refractivity contribution in [2.45, 2.75) is 44.7 Å². The van der Waals surface area contributed by atoms with Crippen molar-refractivity contribution in [3.63, 3.8) is 0 Å². The van der Waals surface area contributed by atoms with Gasteiger partial charge in [-0.15, -0.1) is 5.10 Å². The van der Waals surface area contributed by atoms with Crippen LogP contribution >= 0.6 is 0 Å². The topological polar surface area (TPSA) is 83.7 Å². The molecule has 1 fully saturated rings. The number of pyridine rings is 1. The lowest BCUT2D eigenvalue weighted by Crippen LogP contribution is -2.50. The van der Waals surface area contributed by atoms with E-state index in [9.17, 15) is 0 Å². The van der Waals surface area contributed by atoms with Crippen LogP contribution < -0.4 is 10.6 Å². The van der Waals surface area contributed by atoms with Crippen LogP contribution in [-0.2, 0) is 12.8 Å². The Hall–Kier alpha value is -1.95. The Morgan fingerprint density at radius 1 is 1.43 bits per heavy atom. The van der Waals surface area contributed by atoms with Crippen LogP contribution in [0.1, 0.15) is 31.2 Å². The second kappa shape index (κ2) is 6.22. The molecule has 21 heavy (non-hydrogen) atoms. The second-order valence-corrected chi connectivity index (χ2v) is 5.68. The van der Waals surface area contributed by atoms with Crippen LogP contribution in [0.2, 0.25) is 0 Å². The SMILES string of the molecule is CC1C(N)CCCN1c1n[nH]c(CCc2cccnc2)n1. The molecule has 1 saturated heterocycles. The van der Waals surface area contributed by atoms with Gasteiger partial charge in [0.2, 0.25) is 5.95 Å². The summed E-state index contributed by atoms with van der Waals surface area (Å²) < 4.78 is 0. The number of nitrogens with two attached hydrogens (primary N) is 1. The van der Waals surface area contributed by atoms with Crippen LogP contribution in [0.4, 0.5) is 5.95 Å². The summed E-state index contributed by atoms with van der Waals surface area (Å²) in [6.07, 6.45) is 7.62. The average Bonchev–Trinajstić information content (AvgIpc) is 2.98. The highest BCUT2D eigenvalue weighted by Crippen LogP contribution is 2.20. The maximum absolute atomic E-state index is 6.13. The zero-order chi connectivity index (χ0) is 14.7. The first kappa shape index (κ1) is 14.0. The van der Waals surface area contributed by atoms with Gasteiger partial charge in [0.05, 0.1) is 0 Å². The van der Waals surface area contributed by atoms with Crippen molar-refractivity contribution in [3.05, 3.63) is 35.9 Å². The van der Waals surface area contributed by atoms with Crippen LogP contribution in [0, 0.1) is 0 Å². The molecule has 3 rings (SSSR count). The lowest BCUT2D eigenvalue weighted by atomic mass is 9.99. The van der Waals surface area contributed by atoms with Gasteiger partial charge in [0.25, 0.3) is 0 Å². The van der Waals surface area contributed by atoms with Crippen molar-refractivity contribution in [2.75, 3.05) is 11.4 Å². The first-order valence-corrected chi connectivity index (χ1v) is 7.56. The van der Waals surface area contributed by atoms with Gasteiger partial charge < -0.3 is 10.6 Å². The van der Waals surface area contributed by atoms with E-state index >= 15 is 0 Å². The molecule has 1 aliphatic rings. The largest absolute Gasteiger partial charge is 0.335 e. The number of anilines is 1. The Morgan fingerprint density at radius 2 is 2.33 bits per heavy atom. The molecular weight excluding hydrogens is 264 g/mol. The fraction of sp³-hybridized carbons (Fsp3) is 0.533. The molecule has 0 aliphatic carbocycles. The number of nitrogens with zero attached hydrogens (tertiary/aromatic N) is 4. The maximum Gasteiger partial charge on any atom is 0.244 e. The summed E-state index contributed by atoms with van der Waals surface area (Å²) in [7, 11) is 0. The van der Waals surface area contributed by atoms with E-state index in [1.54, 1.807) is 6.20 Å². The Bertz CT molecular complexity index is 567. The van der Waals surface area contributed by atoms with Crippen LogP contribution in [0.5, 0.6) is 0 Å². The van der Waals surface area contributed by atoms with Crippen molar-refractivity contribution >= 4 is 5.95 Å². The van der Waals surface area contributed by atoms with Crippen LogP contribution in [-0.4, -0.2) is 38.8 Å². The highest BCUT2D eigenvalue weighted by Gasteiger charge is 2.27. The van der Waals surface area contributed by atoms with Gasteiger partial charge in [-0.2, -0.15) is 4.98 Å². The molecule has 2 aromatic heterocycles. The second-order valence-electron chi connectivity index (χ2n) is 5.68. The van der Waals surface area contributed by atoms with E-state index in [1.807, 2.05) is 12.3 Å². The molecule has 2 unspecified atom stereocenters. The average molecular weight is 286 g/mol. The minimum absolute atomic E-state index is 0.205. The molecule has 0 bridgehead atoms. The summed E-state index contributed by atoms with van der Waals surface area (Å²) in [6.45, 7) is 3.13. The summed E-state index contributed by atoms with van der Waals surface area (Å²) in [6, 6.07) is 4.53. The zero-order valence-electron chi connectivity index (χ0n) is 12.4. The third-order valence-electron chi connectivity index (χ3n) is 4.20. The molecule has 2 aromatic rings. The first-order chi connectivity index (χ1) is 10.2. The number of nitrogens with one attached hydrogen (secondary N) is 1. The van der Waals surface area contributed by atoms with Gasteiger partial charge in [-0.3, -0.25) is 10.1 Å². The highest BCUT2D eigenvalue weighted by atomic mass is 15.4. The predicted octanol–water partition coefficient (Wildman–Crippen LogP) is 1.30. The smallest absolute Gasteiger partial charge is 0.244 e. The standard InChI is InChI=1S/C15H22N6/c1-11-13(16)5-3-9-21(11)15-18-14(19-20-15)7-6-12-4-2-8-17-10-12/h2,4,8,10-11,13H,3,5-7,9,16H2,1H3,(H,18,19,20). The van der Waals surface area contributed by atoms with Crippen LogP contribution in [0.15, 0.2) is 24.5 Å². The Kier molecular flexibility index (Phi) is 4.15. The van der Waals surface area contributed by atoms with Gasteiger partial charge in [-0.05, 0) is 37.8 Å². The summed E-state index contributed by atoms with van der Waals surface area (Å²) in [5.41, 5.74) is 7.34. The third kappa shape index (κ3) is 3.21. The van der Waals surface area contributed by atoms with E-state index in [-0.39, 0.29) is 6.04 Å². The van der Waals surface area contributed by atoms with Crippen molar-refractivity contribution in [2.24, 2.45) is 5.73 Å². The number of hydrogen-bond acceptors (Lipinski definition) is 5. The molecule has 0 saturated carbocycles. The van der Waals surface area contributed by atoms with Gasteiger partial charge in [0, 0.05) is 37.4 Å². The van der Waals surface area contributed by atoms with Crippen LogP contribution in [0.25, 0.3) is 0 Å². The van der Waals surface area contributed by atoms with Crippen molar-refractivity contribution in [1.82, 2.24) is 20.2 Å². The third-order valence-corrected chi connectivity index (χ3v) is 4.20. The summed E-state index contributed by atoms with van der Waals surface area (Å²) in [5.74, 6) is 1.69. The van der Waals surface area contributed by atoms with E-state index in [0.29, 0.717) is 6.04 Å². The molecule has 3 heterocycles. The molecule has 0 amide bonds. The van der Waals surface area contributed by atoms with E-state index in [1.165, 1.54) is 5.56 Å². The highest BCUT2D eigenvalue weighted by molar-refractivity contribution is 5.32. The lowest BCUT2D eigenvalue weighted by Gasteiger charge is -2.36. The fourth-order valence-corrected chi connectivity index (χ4v) is 2.79. The molecule has 6 nitrogen and oxygen atoms in total. The summed E-state index contributed by atoms with van der Waals surface area (Å²) in [5, 5.41) is 7.40. The molecule has 6 heteroatoms. The molecule has 0 radical (unpaired) electrons. The normalized spacial score (nSPS) is 22.5. The number of rotatable bonds is 4. The summed E-state index contributed by atoms with van der Waals surface area (Å²) >= 11 is 0. The lowest BCUT2D eigenvalue weighted by molar-refractivity contribution is 0.416. The molecule has 0 spiro atoms. The molecular formula is C15H22N6. The van der Waals surface area contributed by atoms with Crippen molar-refractivity contribution < 1.29 is 0 Å². The Labute approximate surface area is 124 Å². The van der Waals surface area contributed by atoms with Crippen molar-refractivity contribution in [3.8, 4) is 0 Å². The van der Waals surface area contributed by atoms with Crippen molar-refractivity contribution in [1.29, 1.82) is 0 Å². The number of hydrogen-bond donors (Lipinski definition) is 2. The number of aromatic nitrogens is 4. The van der Waals surface area contributed by atoms with Gasteiger partial charge in [-0.1, -0.05) is 6.07 Å². The molecule has 3 N–H and O–H groups in total. The minimum atomic E-state index is 0.205. The number of aromatic amines is 1. The molecule has 112 valence electrons. The van der Waals surface area contributed by atoms with Gasteiger partial charge >= 0.3 is 0 Å². The van der Waals surface area contributed by atoms with Gasteiger partial charge in [0.1, 0.15) is 5.82 Å². The number of piperidine rings is 1. The zero-order valence-corrected chi connectivity index (χ0v) is 12.4. The quantitative estimate of drug-likeness (QED) is 0.885. The Morgan fingerprint density at radius 3 is 3.14 bits per heavy atom. The fourth-order valence-electron chi connectivity index (χ4n) is 2.79. The van der Waals surface area contributed by atoms with E-state index in [4.69, 9.17) is 5.73 Å². The number of aryl methyl sites for hydroxylation is 2. The van der Waals surface area contributed by atoms with E-state index < -0.39 is 0 Å². The van der Waals surface area contributed by atoms with E-state index in [0.717, 1.165) is 44.0 Å². The first-order valence-electron chi connectivity index (χ1n) is 7.56. The molecule has 1 aliphatic heterocycles. The number of H-pyrrole nitrogens is 1. The predicted molar refractivity (Wildman–Crippen MR) is 82.0 cm³/mol.